The van der Waals surface area contributed by atoms with Gasteiger partial charge in [0.15, 0.2) is 0 Å². The van der Waals surface area contributed by atoms with E-state index in [9.17, 15) is 4.39 Å². The van der Waals surface area contributed by atoms with Gasteiger partial charge in [-0.25, -0.2) is 14.4 Å². The lowest BCUT2D eigenvalue weighted by atomic mass is 9.97. The molecule has 3 aromatic rings. The van der Waals surface area contributed by atoms with Crippen molar-refractivity contribution in [1.82, 2.24) is 14.9 Å². The Kier molecular flexibility index (Phi) is 4.47. The molecule has 1 spiro atoms. The predicted octanol–water partition coefficient (Wildman–Crippen LogP) is 4.12. The van der Waals surface area contributed by atoms with Crippen molar-refractivity contribution in [1.29, 1.82) is 5.41 Å². The average Bonchev–Trinajstić information content (AvgIpc) is 3.56. The van der Waals surface area contributed by atoms with E-state index in [0.717, 1.165) is 43.7 Å². The van der Waals surface area contributed by atoms with Gasteiger partial charge in [0.25, 0.3) is 0 Å². The van der Waals surface area contributed by atoms with Crippen molar-refractivity contribution in [3.63, 3.8) is 0 Å². The van der Waals surface area contributed by atoms with Gasteiger partial charge in [-0.3, -0.25) is 5.41 Å². The molecule has 6 rings (SSSR count). The van der Waals surface area contributed by atoms with Crippen LogP contribution in [0.15, 0.2) is 54.9 Å². The Morgan fingerprint density at radius 1 is 1.03 bits per heavy atom. The van der Waals surface area contributed by atoms with Gasteiger partial charge in [0.1, 0.15) is 11.7 Å². The van der Waals surface area contributed by atoms with Gasteiger partial charge in [-0.2, -0.15) is 0 Å². The van der Waals surface area contributed by atoms with Gasteiger partial charge >= 0.3 is 0 Å². The molecule has 162 valence electrons. The molecule has 1 saturated carbocycles. The molecule has 2 aromatic carbocycles. The highest BCUT2D eigenvalue weighted by molar-refractivity contribution is 5.98. The van der Waals surface area contributed by atoms with Gasteiger partial charge in [0.2, 0.25) is 5.95 Å². The van der Waals surface area contributed by atoms with Gasteiger partial charge in [-0.15, -0.1) is 0 Å². The van der Waals surface area contributed by atoms with E-state index in [1.165, 1.54) is 11.6 Å². The number of fused-ring (bicyclic) bond motifs is 2. The summed E-state index contributed by atoms with van der Waals surface area (Å²) in [6.45, 7) is 3.64. The smallest absolute Gasteiger partial charge is 0.229 e. The lowest BCUT2D eigenvalue weighted by Gasteiger charge is -2.29. The Morgan fingerprint density at radius 3 is 2.50 bits per heavy atom. The molecule has 0 radical (unpaired) electrons. The first-order valence-electron chi connectivity index (χ1n) is 11.1. The average molecular weight is 429 g/mol. The second-order valence-corrected chi connectivity index (χ2v) is 8.80. The molecule has 2 fully saturated rings. The maximum absolute atomic E-state index is 14.2. The van der Waals surface area contributed by atoms with Crippen LogP contribution in [-0.4, -0.2) is 53.6 Å². The zero-order valence-corrected chi connectivity index (χ0v) is 17.7. The summed E-state index contributed by atoms with van der Waals surface area (Å²) in [5, 5.41) is 8.70. The van der Waals surface area contributed by atoms with Crippen LogP contribution in [0, 0.1) is 11.2 Å². The highest BCUT2D eigenvalue weighted by Gasteiger charge is 2.52. The van der Waals surface area contributed by atoms with E-state index in [0.29, 0.717) is 36.1 Å². The molecule has 1 aliphatic carbocycles. The molecule has 1 saturated heterocycles. The van der Waals surface area contributed by atoms with E-state index in [4.69, 9.17) is 10.1 Å². The minimum atomic E-state index is -0.279. The van der Waals surface area contributed by atoms with Crippen LogP contribution in [0.2, 0.25) is 0 Å². The lowest BCUT2D eigenvalue weighted by Crippen LogP contribution is -2.40. The fourth-order valence-corrected chi connectivity index (χ4v) is 4.85. The van der Waals surface area contributed by atoms with Crippen molar-refractivity contribution in [2.24, 2.45) is 0 Å². The predicted molar refractivity (Wildman–Crippen MR) is 121 cm³/mol. The number of hydrogen-bond donors (Lipinski definition) is 1. The largest absolute Gasteiger partial charge is 0.378 e. The van der Waals surface area contributed by atoms with Crippen molar-refractivity contribution in [2.45, 2.75) is 18.3 Å². The van der Waals surface area contributed by atoms with Gasteiger partial charge in [0, 0.05) is 59.8 Å². The molecule has 0 bridgehead atoms. The van der Waals surface area contributed by atoms with Crippen molar-refractivity contribution >= 4 is 17.5 Å². The lowest BCUT2D eigenvalue weighted by molar-refractivity contribution is 0.0680. The molecular weight excluding hydrogens is 405 g/mol. The fourth-order valence-electron chi connectivity index (χ4n) is 4.85. The third-order valence-corrected chi connectivity index (χ3v) is 6.84. The van der Waals surface area contributed by atoms with Gasteiger partial charge in [-0.1, -0.05) is 30.3 Å². The van der Waals surface area contributed by atoms with Crippen LogP contribution in [0.1, 0.15) is 24.0 Å². The Labute approximate surface area is 186 Å². The van der Waals surface area contributed by atoms with Crippen LogP contribution in [0.5, 0.6) is 0 Å². The Morgan fingerprint density at radius 2 is 1.78 bits per heavy atom. The van der Waals surface area contributed by atoms with Crippen LogP contribution in [-0.2, 0) is 10.2 Å². The molecular formula is C25H24FN5O. The minimum absolute atomic E-state index is 0.169. The Bertz CT molecular complexity index is 1190. The molecule has 1 N–H and O–H groups in total. The second kappa shape index (κ2) is 7.38. The summed E-state index contributed by atoms with van der Waals surface area (Å²) in [6, 6.07) is 13.0. The van der Waals surface area contributed by atoms with E-state index in [-0.39, 0.29) is 11.2 Å². The molecule has 3 heterocycles. The number of hydrogen-bond acceptors (Lipinski definition) is 5. The molecule has 32 heavy (non-hydrogen) atoms. The molecule has 1 aromatic heterocycles. The van der Waals surface area contributed by atoms with Crippen molar-refractivity contribution in [3.05, 3.63) is 71.8 Å². The summed E-state index contributed by atoms with van der Waals surface area (Å²) in [5.41, 5.74) is 4.63. The number of anilines is 2. The third-order valence-electron chi connectivity index (χ3n) is 6.84. The Hall–Kier alpha value is -3.32. The van der Waals surface area contributed by atoms with E-state index in [1.54, 1.807) is 24.5 Å². The standard InChI is InChI=1S/C25H24FN5O/c26-21-4-2-1-3-19(21)18-14-28-24(29-15-18)31-16-25(7-8-25)20-6-5-17(13-22(20)31)23(27)30-9-11-32-12-10-30/h1-6,13-15,27H,7-12,16H2. The first kappa shape index (κ1) is 19.4. The normalized spacial score (nSPS) is 18.7. The summed E-state index contributed by atoms with van der Waals surface area (Å²) >= 11 is 0. The van der Waals surface area contributed by atoms with Gasteiger partial charge in [0.05, 0.1) is 13.2 Å². The minimum Gasteiger partial charge on any atom is -0.378 e. The number of ether oxygens (including phenoxy) is 1. The first-order valence-corrected chi connectivity index (χ1v) is 11.1. The van der Waals surface area contributed by atoms with Crippen molar-refractivity contribution in [3.8, 4) is 11.1 Å². The Balaban J connectivity index is 1.33. The summed E-state index contributed by atoms with van der Waals surface area (Å²) in [4.78, 5) is 13.4. The molecule has 7 heteroatoms. The second-order valence-electron chi connectivity index (χ2n) is 8.80. The highest BCUT2D eigenvalue weighted by Crippen LogP contribution is 2.57. The topological polar surface area (TPSA) is 65.3 Å². The number of rotatable bonds is 3. The van der Waals surface area contributed by atoms with E-state index in [1.807, 2.05) is 6.07 Å². The number of benzene rings is 2. The molecule has 0 unspecified atom stereocenters. The fraction of sp³-hybridized carbons (Fsp3) is 0.320. The number of nitrogens with one attached hydrogen (secondary N) is 1. The van der Waals surface area contributed by atoms with Gasteiger partial charge < -0.3 is 14.5 Å². The molecule has 0 atom stereocenters. The van der Waals surface area contributed by atoms with Crippen LogP contribution < -0.4 is 4.90 Å². The summed E-state index contributed by atoms with van der Waals surface area (Å²) in [7, 11) is 0. The van der Waals surface area contributed by atoms with E-state index >= 15 is 0 Å². The third kappa shape index (κ3) is 3.15. The maximum Gasteiger partial charge on any atom is 0.229 e. The van der Waals surface area contributed by atoms with Crippen molar-refractivity contribution < 1.29 is 9.13 Å². The number of halogens is 1. The summed E-state index contributed by atoms with van der Waals surface area (Å²) in [6.07, 6.45) is 5.70. The molecule has 2 aliphatic heterocycles. The molecule has 3 aliphatic rings. The van der Waals surface area contributed by atoms with Crippen LogP contribution in [0.3, 0.4) is 0 Å². The van der Waals surface area contributed by atoms with E-state index < -0.39 is 0 Å². The summed E-state index contributed by atoms with van der Waals surface area (Å²) < 4.78 is 19.6. The first-order chi connectivity index (χ1) is 15.6. The number of amidine groups is 1. The molecule has 6 nitrogen and oxygen atoms in total. The van der Waals surface area contributed by atoms with Crippen LogP contribution in [0.4, 0.5) is 16.0 Å². The number of morpholine rings is 1. The SMILES string of the molecule is N=C(c1ccc2c(c1)N(c1ncc(-c3ccccc3F)cn1)CC21CC1)N1CCOCC1. The zero-order valence-electron chi connectivity index (χ0n) is 17.7. The highest BCUT2D eigenvalue weighted by atomic mass is 19.1. The quantitative estimate of drug-likeness (QED) is 0.501. The number of aromatic nitrogens is 2. The summed E-state index contributed by atoms with van der Waals surface area (Å²) in [5.74, 6) is 0.868. The number of nitrogens with zero attached hydrogens (tertiary/aromatic N) is 4. The van der Waals surface area contributed by atoms with E-state index in [2.05, 4.69) is 38.0 Å². The van der Waals surface area contributed by atoms with Crippen LogP contribution >= 0.6 is 0 Å². The monoisotopic (exact) mass is 429 g/mol. The zero-order chi connectivity index (χ0) is 21.7. The van der Waals surface area contributed by atoms with Gasteiger partial charge in [-0.05, 0) is 30.5 Å². The maximum atomic E-state index is 14.2. The van der Waals surface area contributed by atoms with Crippen molar-refractivity contribution in [2.75, 3.05) is 37.7 Å². The van der Waals surface area contributed by atoms with Crippen LogP contribution in [0.25, 0.3) is 11.1 Å². The molecule has 0 amide bonds.